The van der Waals surface area contributed by atoms with Crippen LogP contribution in [-0.4, -0.2) is 7.11 Å². The number of rotatable bonds is 3. The number of hydrogen-bond acceptors (Lipinski definition) is 3. The van der Waals surface area contributed by atoms with E-state index in [2.05, 4.69) is 11.4 Å². The Bertz CT molecular complexity index is 721. The Hall–Kier alpha value is -2.54. The zero-order valence-electron chi connectivity index (χ0n) is 11.7. The van der Waals surface area contributed by atoms with Crippen molar-refractivity contribution in [2.45, 2.75) is 18.9 Å². The minimum absolute atomic E-state index is 0.0591. The number of fused-ring (bicyclic) bond motifs is 1. The number of benzene rings is 2. The zero-order valence-corrected chi connectivity index (χ0v) is 11.7. The highest BCUT2D eigenvalue weighted by molar-refractivity contribution is 5.53. The summed E-state index contributed by atoms with van der Waals surface area (Å²) in [6, 6.07) is 12.6. The molecular formula is C17H15FN2O. The summed E-state index contributed by atoms with van der Waals surface area (Å²) in [5.74, 6) is 0.343. The lowest BCUT2D eigenvalue weighted by atomic mass is 10.1. The summed E-state index contributed by atoms with van der Waals surface area (Å²) in [5, 5.41) is 12.3. The maximum atomic E-state index is 13.4. The summed E-state index contributed by atoms with van der Waals surface area (Å²) in [6.07, 6.45) is 1.98. The molecule has 0 fully saturated rings. The number of anilines is 1. The van der Waals surface area contributed by atoms with Gasteiger partial charge in [-0.3, -0.25) is 0 Å². The summed E-state index contributed by atoms with van der Waals surface area (Å²) in [5.41, 5.74) is 3.32. The quantitative estimate of drug-likeness (QED) is 0.931. The molecule has 1 atom stereocenters. The predicted octanol–water partition coefficient (Wildman–Crippen LogP) is 3.81. The van der Waals surface area contributed by atoms with Crippen molar-refractivity contribution in [1.29, 1.82) is 5.26 Å². The molecule has 3 nitrogen and oxygen atoms in total. The Kier molecular flexibility index (Phi) is 3.49. The number of nitrogens with zero attached hydrogens (tertiary/aromatic N) is 1. The van der Waals surface area contributed by atoms with Crippen molar-refractivity contribution in [3.63, 3.8) is 0 Å². The van der Waals surface area contributed by atoms with E-state index in [1.165, 1.54) is 17.2 Å². The molecule has 1 aliphatic rings. The molecular weight excluding hydrogens is 267 g/mol. The third kappa shape index (κ3) is 2.55. The van der Waals surface area contributed by atoms with Gasteiger partial charge in [0.25, 0.3) is 0 Å². The smallest absolute Gasteiger partial charge is 0.141 e. The van der Waals surface area contributed by atoms with Gasteiger partial charge in [0.1, 0.15) is 17.6 Å². The first-order valence-electron chi connectivity index (χ1n) is 6.84. The maximum Gasteiger partial charge on any atom is 0.141 e. The van der Waals surface area contributed by atoms with Crippen LogP contribution in [0.3, 0.4) is 0 Å². The summed E-state index contributed by atoms with van der Waals surface area (Å²) >= 11 is 0. The largest absolute Gasteiger partial charge is 0.497 e. The Morgan fingerprint density at radius 3 is 2.90 bits per heavy atom. The molecule has 0 aliphatic heterocycles. The fourth-order valence-electron chi connectivity index (χ4n) is 2.76. The van der Waals surface area contributed by atoms with Crippen LogP contribution in [0.25, 0.3) is 0 Å². The van der Waals surface area contributed by atoms with E-state index in [1.54, 1.807) is 19.2 Å². The van der Waals surface area contributed by atoms with Gasteiger partial charge in [0, 0.05) is 5.69 Å². The SMILES string of the molecule is COc1ccc2c(c1)C(Nc1ccc(F)c(C#N)c1)CC2. The molecule has 0 bridgehead atoms. The van der Waals surface area contributed by atoms with Crippen LogP contribution in [0.5, 0.6) is 5.75 Å². The summed E-state index contributed by atoms with van der Waals surface area (Å²) in [6.45, 7) is 0. The minimum Gasteiger partial charge on any atom is -0.497 e. The summed E-state index contributed by atoms with van der Waals surface area (Å²) in [4.78, 5) is 0. The summed E-state index contributed by atoms with van der Waals surface area (Å²) < 4.78 is 18.6. The predicted molar refractivity (Wildman–Crippen MR) is 78.8 cm³/mol. The number of nitriles is 1. The fraction of sp³-hybridized carbons (Fsp3) is 0.235. The molecule has 0 saturated carbocycles. The van der Waals surface area contributed by atoms with Crippen LogP contribution in [-0.2, 0) is 6.42 Å². The molecule has 1 aliphatic carbocycles. The maximum absolute atomic E-state index is 13.4. The van der Waals surface area contributed by atoms with Crippen molar-refractivity contribution in [2.75, 3.05) is 12.4 Å². The molecule has 106 valence electrons. The summed E-state index contributed by atoms with van der Waals surface area (Å²) in [7, 11) is 1.65. The highest BCUT2D eigenvalue weighted by Gasteiger charge is 2.23. The molecule has 4 heteroatoms. The number of hydrogen-bond donors (Lipinski definition) is 1. The van der Waals surface area contributed by atoms with E-state index >= 15 is 0 Å². The molecule has 1 N–H and O–H groups in total. The lowest BCUT2D eigenvalue weighted by Gasteiger charge is -2.16. The van der Waals surface area contributed by atoms with Crippen LogP contribution in [0.4, 0.5) is 10.1 Å². The number of ether oxygens (including phenoxy) is 1. The van der Waals surface area contributed by atoms with E-state index in [0.717, 1.165) is 24.3 Å². The van der Waals surface area contributed by atoms with Gasteiger partial charge in [0.2, 0.25) is 0 Å². The number of aryl methyl sites for hydroxylation is 1. The van der Waals surface area contributed by atoms with Gasteiger partial charge < -0.3 is 10.1 Å². The van der Waals surface area contributed by atoms with E-state index in [0.29, 0.717) is 0 Å². The van der Waals surface area contributed by atoms with Crippen LogP contribution >= 0.6 is 0 Å². The standard InChI is InChI=1S/C17H15FN2O/c1-21-14-5-2-11-3-7-17(15(11)9-14)20-13-4-6-16(18)12(8-13)10-19/h2,4-6,8-9,17,20H,3,7H2,1H3. The van der Waals surface area contributed by atoms with Crippen molar-refractivity contribution in [1.82, 2.24) is 0 Å². The highest BCUT2D eigenvalue weighted by atomic mass is 19.1. The van der Waals surface area contributed by atoms with Crippen molar-refractivity contribution in [2.24, 2.45) is 0 Å². The third-order valence-corrected chi connectivity index (χ3v) is 3.86. The third-order valence-electron chi connectivity index (χ3n) is 3.86. The Morgan fingerprint density at radius 1 is 1.29 bits per heavy atom. The minimum atomic E-state index is -0.489. The van der Waals surface area contributed by atoms with Gasteiger partial charge in [0.05, 0.1) is 18.7 Å². The molecule has 2 aromatic rings. The Labute approximate surface area is 123 Å². The van der Waals surface area contributed by atoms with Gasteiger partial charge >= 0.3 is 0 Å². The zero-order chi connectivity index (χ0) is 14.8. The molecule has 0 heterocycles. The molecule has 0 radical (unpaired) electrons. The van der Waals surface area contributed by atoms with E-state index < -0.39 is 5.82 Å². The van der Waals surface area contributed by atoms with Gasteiger partial charge in [-0.05, 0) is 54.3 Å². The average molecular weight is 282 g/mol. The van der Waals surface area contributed by atoms with Crippen molar-refractivity contribution in [3.05, 3.63) is 58.9 Å². The monoisotopic (exact) mass is 282 g/mol. The normalized spacial score (nSPS) is 16.1. The Balaban J connectivity index is 1.87. The first-order chi connectivity index (χ1) is 10.2. The van der Waals surface area contributed by atoms with Gasteiger partial charge in [-0.2, -0.15) is 5.26 Å². The number of halogens is 1. The molecule has 0 spiro atoms. The van der Waals surface area contributed by atoms with Gasteiger partial charge in [-0.15, -0.1) is 0 Å². The molecule has 2 aromatic carbocycles. The van der Waals surface area contributed by atoms with Crippen LogP contribution in [0.2, 0.25) is 0 Å². The topological polar surface area (TPSA) is 45.0 Å². The fourth-order valence-corrected chi connectivity index (χ4v) is 2.76. The van der Waals surface area contributed by atoms with Crippen molar-refractivity contribution >= 4 is 5.69 Å². The van der Waals surface area contributed by atoms with Crippen LogP contribution in [0.15, 0.2) is 36.4 Å². The highest BCUT2D eigenvalue weighted by Crippen LogP contribution is 2.36. The van der Waals surface area contributed by atoms with Gasteiger partial charge in [-0.1, -0.05) is 6.07 Å². The second-order valence-corrected chi connectivity index (χ2v) is 5.11. The van der Waals surface area contributed by atoms with Crippen LogP contribution in [0.1, 0.15) is 29.2 Å². The first-order valence-corrected chi connectivity index (χ1v) is 6.84. The molecule has 0 aromatic heterocycles. The van der Waals surface area contributed by atoms with Crippen LogP contribution in [0, 0.1) is 17.1 Å². The number of nitrogens with one attached hydrogen (secondary N) is 1. The van der Waals surface area contributed by atoms with E-state index in [-0.39, 0.29) is 11.6 Å². The second-order valence-electron chi connectivity index (χ2n) is 5.11. The van der Waals surface area contributed by atoms with E-state index in [1.807, 2.05) is 18.2 Å². The van der Waals surface area contributed by atoms with Crippen molar-refractivity contribution < 1.29 is 9.13 Å². The lowest BCUT2D eigenvalue weighted by molar-refractivity contribution is 0.414. The van der Waals surface area contributed by atoms with Crippen molar-refractivity contribution in [3.8, 4) is 11.8 Å². The molecule has 21 heavy (non-hydrogen) atoms. The molecule has 0 amide bonds. The average Bonchev–Trinajstić information content (AvgIpc) is 2.91. The van der Waals surface area contributed by atoms with E-state index in [4.69, 9.17) is 10.00 Å². The first kappa shape index (κ1) is 13.4. The lowest BCUT2D eigenvalue weighted by Crippen LogP contribution is -2.07. The van der Waals surface area contributed by atoms with E-state index in [9.17, 15) is 4.39 Å². The van der Waals surface area contributed by atoms with Gasteiger partial charge in [-0.25, -0.2) is 4.39 Å². The second kappa shape index (κ2) is 5.45. The Morgan fingerprint density at radius 2 is 2.14 bits per heavy atom. The van der Waals surface area contributed by atoms with Gasteiger partial charge in [0.15, 0.2) is 0 Å². The molecule has 1 unspecified atom stereocenters. The molecule has 0 saturated heterocycles. The molecule has 3 rings (SSSR count). The van der Waals surface area contributed by atoms with Crippen LogP contribution < -0.4 is 10.1 Å². The number of methoxy groups -OCH3 is 1.